The fourth-order valence-corrected chi connectivity index (χ4v) is 0.603. The maximum atomic E-state index is 10.8. The minimum atomic E-state index is -0.574. The molecule has 1 heterocycles. The van der Waals surface area contributed by atoms with Crippen molar-refractivity contribution in [3.8, 4) is 0 Å². The summed E-state index contributed by atoms with van der Waals surface area (Å²) in [6.45, 7) is 0. The lowest BCUT2D eigenvalue weighted by Crippen LogP contribution is -2.09. The molecule has 0 radical (unpaired) electrons. The zero-order valence-corrected chi connectivity index (χ0v) is 7.17. The van der Waals surface area contributed by atoms with Gasteiger partial charge in [0.15, 0.2) is 11.5 Å². The summed E-state index contributed by atoms with van der Waals surface area (Å²) < 4.78 is 4.40. The number of hydrogen-bond donors (Lipinski definition) is 1. The topological polar surface area (TPSA) is 78.1 Å². The molecule has 5 nitrogen and oxygen atoms in total. The summed E-state index contributed by atoms with van der Waals surface area (Å²) in [7, 11) is 1.26. The van der Waals surface area contributed by atoms with Gasteiger partial charge < -0.3 is 10.5 Å². The first kappa shape index (κ1) is 10.6. The molecule has 0 saturated heterocycles. The maximum absolute atomic E-state index is 10.8. The second kappa shape index (κ2) is 4.50. The number of anilines is 1. The number of nitrogens with zero attached hydrogens (tertiary/aromatic N) is 2. The third-order valence-electron chi connectivity index (χ3n) is 1.11. The highest BCUT2D eigenvalue weighted by Crippen LogP contribution is 2.03. The number of ether oxygens (including phenoxy) is 1. The monoisotopic (exact) mass is 189 g/mol. The number of aromatic nitrogens is 2. The predicted molar refractivity (Wildman–Crippen MR) is 45.0 cm³/mol. The van der Waals surface area contributed by atoms with Gasteiger partial charge >= 0.3 is 5.97 Å². The Morgan fingerprint density at radius 2 is 2.08 bits per heavy atom. The van der Waals surface area contributed by atoms with E-state index in [0.717, 1.165) is 0 Å². The summed E-state index contributed by atoms with van der Waals surface area (Å²) in [5, 5.41) is 0. The molecule has 0 unspecified atom stereocenters. The quantitative estimate of drug-likeness (QED) is 0.642. The molecule has 1 aromatic rings. The molecule has 6 heteroatoms. The Morgan fingerprint density at radius 1 is 1.50 bits per heavy atom. The first-order valence-corrected chi connectivity index (χ1v) is 2.90. The highest BCUT2D eigenvalue weighted by molar-refractivity contribution is 5.91. The molecule has 0 fully saturated rings. The molecule has 0 saturated carbocycles. The number of esters is 1. The number of hydrogen-bond acceptors (Lipinski definition) is 5. The van der Waals surface area contributed by atoms with E-state index in [-0.39, 0.29) is 23.9 Å². The average Bonchev–Trinajstić information content (AvgIpc) is 2.04. The second-order valence-electron chi connectivity index (χ2n) is 1.78. The Balaban J connectivity index is 0.00000121. The van der Waals surface area contributed by atoms with Gasteiger partial charge in [0.2, 0.25) is 0 Å². The number of rotatable bonds is 1. The van der Waals surface area contributed by atoms with Crippen LogP contribution in [0.1, 0.15) is 10.5 Å². The van der Waals surface area contributed by atoms with Crippen LogP contribution in [0.15, 0.2) is 12.4 Å². The lowest BCUT2D eigenvalue weighted by atomic mass is 10.4. The Morgan fingerprint density at radius 3 is 2.58 bits per heavy atom. The van der Waals surface area contributed by atoms with Gasteiger partial charge in [-0.15, -0.1) is 12.4 Å². The van der Waals surface area contributed by atoms with Crippen molar-refractivity contribution in [2.24, 2.45) is 0 Å². The molecule has 66 valence electrons. The number of nitrogens with two attached hydrogens (primary N) is 1. The van der Waals surface area contributed by atoms with Gasteiger partial charge in [-0.1, -0.05) is 0 Å². The molecule has 0 aliphatic carbocycles. The van der Waals surface area contributed by atoms with Gasteiger partial charge in [0, 0.05) is 12.4 Å². The number of carbonyl (C=O) groups excluding carboxylic acids is 1. The number of nitrogen functional groups attached to an aromatic ring is 1. The van der Waals surface area contributed by atoms with Crippen LogP contribution in [0.4, 0.5) is 5.82 Å². The molecule has 0 atom stereocenters. The van der Waals surface area contributed by atoms with Crippen molar-refractivity contribution >= 4 is 24.2 Å². The van der Waals surface area contributed by atoms with E-state index in [1.165, 1.54) is 19.5 Å². The van der Waals surface area contributed by atoms with Crippen molar-refractivity contribution < 1.29 is 9.53 Å². The third-order valence-corrected chi connectivity index (χ3v) is 1.11. The van der Waals surface area contributed by atoms with Crippen molar-refractivity contribution in [1.82, 2.24) is 9.97 Å². The Labute approximate surface area is 75.4 Å². The fraction of sp³-hybridized carbons (Fsp3) is 0.167. The van der Waals surface area contributed by atoms with Gasteiger partial charge in [-0.3, -0.25) is 0 Å². The molecule has 12 heavy (non-hydrogen) atoms. The second-order valence-corrected chi connectivity index (χ2v) is 1.78. The lowest BCUT2D eigenvalue weighted by Gasteiger charge is -1.98. The van der Waals surface area contributed by atoms with Crippen molar-refractivity contribution in [2.45, 2.75) is 0 Å². The van der Waals surface area contributed by atoms with E-state index >= 15 is 0 Å². The third kappa shape index (κ3) is 2.06. The normalized spacial score (nSPS) is 8.42. The molecular formula is C6H8ClN3O2. The van der Waals surface area contributed by atoms with Crippen LogP contribution >= 0.6 is 12.4 Å². The summed E-state index contributed by atoms with van der Waals surface area (Å²) >= 11 is 0. The van der Waals surface area contributed by atoms with Crippen molar-refractivity contribution in [1.29, 1.82) is 0 Å². The summed E-state index contributed by atoms with van der Waals surface area (Å²) in [5.41, 5.74) is 5.37. The molecule has 1 rings (SSSR count). The Hall–Kier alpha value is -1.36. The minimum Gasteiger partial charge on any atom is -0.464 e. The lowest BCUT2D eigenvalue weighted by molar-refractivity contribution is 0.0595. The van der Waals surface area contributed by atoms with Gasteiger partial charge in [-0.2, -0.15) is 0 Å². The summed E-state index contributed by atoms with van der Waals surface area (Å²) in [6, 6.07) is 0. The van der Waals surface area contributed by atoms with E-state index in [1.54, 1.807) is 0 Å². The maximum Gasteiger partial charge on any atom is 0.360 e. The zero-order valence-electron chi connectivity index (χ0n) is 6.35. The van der Waals surface area contributed by atoms with E-state index in [1.807, 2.05) is 0 Å². The molecule has 0 spiro atoms. The van der Waals surface area contributed by atoms with Crippen LogP contribution in [0.2, 0.25) is 0 Å². The van der Waals surface area contributed by atoms with Crippen LogP contribution in [0.5, 0.6) is 0 Å². The highest BCUT2D eigenvalue weighted by Gasteiger charge is 2.10. The van der Waals surface area contributed by atoms with Gasteiger partial charge in [0.1, 0.15) is 0 Å². The Bertz CT molecular complexity index is 279. The average molecular weight is 190 g/mol. The van der Waals surface area contributed by atoms with Gasteiger partial charge in [0.05, 0.1) is 7.11 Å². The number of halogens is 1. The smallest absolute Gasteiger partial charge is 0.360 e. The van der Waals surface area contributed by atoms with Crippen molar-refractivity contribution in [3.05, 3.63) is 18.1 Å². The first-order chi connectivity index (χ1) is 5.25. The summed E-state index contributed by atoms with van der Waals surface area (Å²) in [5.74, 6) is -0.491. The van der Waals surface area contributed by atoms with Crippen LogP contribution in [-0.4, -0.2) is 23.0 Å². The Kier molecular flexibility index (Phi) is 3.99. The standard InChI is InChI=1S/C6H7N3O2.ClH/c1-11-6(10)4-5(7)9-3-2-8-4;/h2-3H,1H3,(H2,7,9);1H. The largest absolute Gasteiger partial charge is 0.464 e. The van der Waals surface area contributed by atoms with E-state index in [4.69, 9.17) is 5.73 Å². The van der Waals surface area contributed by atoms with Crippen LogP contribution in [0, 0.1) is 0 Å². The highest BCUT2D eigenvalue weighted by atomic mass is 35.5. The first-order valence-electron chi connectivity index (χ1n) is 2.90. The van der Waals surface area contributed by atoms with E-state index < -0.39 is 5.97 Å². The van der Waals surface area contributed by atoms with Crippen molar-refractivity contribution in [3.63, 3.8) is 0 Å². The van der Waals surface area contributed by atoms with Gasteiger partial charge in [-0.25, -0.2) is 14.8 Å². The molecule has 0 bridgehead atoms. The molecule has 0 aliphatic heterocycles. The van der Waals surface area contributed by atoms with Crippen molar-refractivity contribution in [2.75, 3.05) is 12.8 Å². The SMILES string of the molecule is COC(=O)c1nccnc1N.Cl. The van der Waals surface area contributed by atoms with E-state index in [9.17, 15) is 4.79 Å². The van der Waals surface area contributed by atoms with E-state index in [0.29, 0.717) is 0 Å². The minimum absolute atomic E-state index is 0. The number of methoxy groups -OCH3 is 1. The fourth-order valence-electron chi connectivity index (χ4n) is 0.603. The molecule has 0 amide bonds. The van der Waals surface area contributed by atoms with Crippen LogP contribution in [0.3, 0.4) is 0 Å². The molecule has 0 aliphatic rings. The molecule has 0 aromatic carbocycles. The van der Waals surface area contributed by atoms with Gasteiger partial charge in [0.25, 0.3) is 0 Å². The summed E-state index contributed by atoms with van der Waals surface area (Å²) in [6.07, 6.45) is 2.78. The molecule has 2 N–H and O–H groups in total. The van der Waals surface area contributed by atoms with Gasteiger partial charge in [-0.05, 0) is 0 Å². The predicted octanol–water partition coefficient (Wildman–Crippen LogP) is 0.267. The van der Waals surface area contributed by atoms with Crippen LogP contribution in [-0.2, 0) is 4.74 Å². The molecular weight excluding hydrogens is 182 g/mol. The van der Waals surface area contributed by atoms with Crippen LogP contribution in [0.25, 0.3) is 0 Å². The van der Waals surface area contributed by atoms with Crippen LogP contribution < -0.4 is 5.73 Å². The summed E-state index contributed by atoms with van der Waals surface area (Å²) in [4.78, 5) is 18.2. The van der Waals surface area contributed by atoms with E-state index in [2.05, 4.69) is 14.7 Å². The number of carbonyl (C=O) groups is 1. The zero-order chi connectivity index (χ0) is 8.27. The molecule has 1 aromatic heterocycles.